The Balaban J connectivity index is 1.25. The summed E-state index contributed by atoms with van der Waals surface area (Å²) in [5.41, 5.74) is -0.893. The summed E-state index contributed by atoms with van der Waals surface area (Å²) in [7, 11) is 0. The SMILES string of the molecule is Cc1cc(-c2ccc3c4ccc(-c5cc(C)cc(C(F)(F)F)c5)cc4n(-c4cc(-c5ccc(C(F)(F)F)cc5C)cc(-n5c6cc(-c7cc(C)cc(C(F)(F)F)c7)ccc6c6ccc(-c7cc(C)cc(C(F)(F)F)c7)cc65)c4C#N)c3c2)cc(C(F)(F)F)c1. The van der Waals surface area contributed by atoms with E-state index in [1.807, 2.05) is 0 Å². The van der Waals surface area contributed by atoms with Crippen molar-refractivity contribution in [2.75, 3.05) is 0 Å². The summed E-state index contributed by atoms with van der Waals surface area (Å²) in [5.74, 6) is 0. The quantitative estimate of drug-likeness (QED) is 0.146. The molecule has 0 aliphatic carbocycles. The lowest BCUT2D eigenvalue weighted by molar-refractivity contribution is -0.138. The van der Waals surface area contributed by atoms with Crippen LogP contribution in [0, 0.1) is 45.9 Å². The molecule has 0 amide bonds. The Bertz CT molecular complexity index is 4450. The van der Waals surface area contributed by atoms with E-state index in [4.69, 9.17) is 0 Å². The Kier molecular flexibility index (Phi) is 14.0. The number of fused-ring (bicyclic) bond motifs is 6. The molecule has 0 radical (unpaired) electrons. The van der Waals surface area contributed by atoms with Crippen LogP contribution in [0.2, 0.25) is 0 Å². The maximum Gasteiger partial charge on any atom is 0.416 e. The van der Waals surface area contributed by atoms with Gasteiger partial charge >= 0.3 is 30.9 Å². The molecule has 0 saturated heterocycles. The number of alkyl halides is 15. The zero-order valence-electron chi connectivity index (χ0n) is 47.3. The van der Waals surface area contributed by atoms with Crippen molar-refractivity contribution >= 4 is 43.6 Å². The molecular weight excluding hydrogens is 1180 g/mol. The summed E-state index contributed by atoms with van der Waals surface area (Å²) in [6.07, 6.45) is -23.9. The maximum atomic E-state index is 14.5. The van der Waals surface area contributed by atoms with E-state index in [2.05, 4.69) is 6.07 Å². The van der Waals surface area contributed by atoms with Crippen LogP contribution in [0.5, 0.6) is 0 Å². The highest BCUT2D eigenvalue weighted by Crippen LogP contribution is 2.47. The lowest BCUT2D eigenvalue weighted by Crippen LogP contribution is -2.07. The first-order valence-electron chi connectivity index (χ1n) is 27.4. The molecule has 12 rings (SSSR count). The first-order chi connectivity index (χ1) is 41.7. The lowest BCUT2D eigenvalue weighted by atomic mass is 9.95. The summed E-state index contributed by atoms with van der Waals surface area (Å²) >= 11 is 0. The first kappa shape index (κ1) is 59.6. The normalized spacial score (nSPS) is 12.7. The molecule has 448 valence electrons. The second-order valence-corrected chi connectivity index (χ2v) is 22.5. The van der Waals surface area contributed by atoms with Crippen LogP contribution in [0.1, 0.15) is 61.2 Å². The third-order valence-electron chi connectivity index (χ3n) is 16.0. The van der Waals surface area contributed by atoms with Crippen LogP contribution in [-0.4, -0.2) is 9.13 Å². The Morgan fingerprint density at radius 1 is 0.281 bits per heavy atom. The zero-order valence-corrected chi connectivity index (χ0v) is 47.3. The molecule has 89 heavy (non-hydrogen) atoms. The molecule has 0 N–H and O–H groups in total. The predicted molar refractivity (Wildman–Crippen MR) is 316 cm³/mol. The monoisotopic (exact) mass is 1220 g/mol. The van der Waals surface area contributed by atoms with Gasteiger partial charge in [-0.25, -0.2) is 0 Å². The summed E-state index contributed by atoms with van der Waals surface area (Å²) in [4.78, 5) is 0. The van der Waals surface area contributed by atoms with E-state index in [1.54, 1.807) is 81.9 Å². The van der Waals surface area contributed by atoms with Gasteiger partial charge in [0.1, 0.15) is 11.6 Å². The number of hydrogen-bond acceptors (Lipinski definition) is 1. The summed E-state index contributed by atoms with van der Waals surface area (Å²) in [6.45, 7) is 7.39. The Morgan fingerprint density at radius 3 is 0.809 bits per heavy atom. The van der Waals surface area contributed by atoms with E-state index >= 15 is 0 Å². The number of benzene rings is 10. The van der Waals surface area contributed by atoms with Gasteiger partial charge in [0.2, 0.25) is 0 Å². The molecule has 0 atom stereocenters. The fraction of sp³-hybridized carbons (Fsp3) is 0.141. The van der Waals surface area contributed by atoms with Crippen LogP contribution in [0.15, 0.2) is 176 Å². The minimum Gasteiger partial charge on any atom is -0.308 e. The van der Waals surface area contributed by atoms with Gasteiger partial charge in [-0.15, -0.1) is 0 Å². The van der Waals surface area contributed by atoms with Gasteiger partial charge in [-0.2, -0.15) is 71.1 Å². The van der Waals surface area contributed by atoms with Gasteiger partial charge < -0.3 is 9.13 Å². The van der Waals surface area contributed by atoms with Gasteiger partial charge in [-0.1, -0.05) is 78.9 Å². The van der Waals surface area contributed by atoms with Gasteiger partial charge in [0.05, 0.1) is 61.3 Å². The molecule has 2 heterocycles. The Labute approximate surface area is 497 Å². The van der Waals surface area contributed by atoms with E-state index in [9.17, 15) is 71.1 Å². The molecular formula is C71H44F15N3. The first-order valence-corrected chi connectivity index (χ1v) is 27.4. The number of hydrogen-bond donors (Lipinski definition) is 0. The van der Waals surface area contributed by atoms with Gasteiger partial charge in [0.25, 0.3) is 0 Å². The molecule has 0 spiro atoms. The van der Waals surface area contributed by atoms with Crippen molar-refractivity contribution in [2.45, 2.75) is 65.5 Å². The second-order valence-electron chi connectivity index (χ2n) is 22.5. The second kappa shape index (κ2) is 21.0. The van der Waals surface area contributed by atoms with Crippen molar-refractivity contribution < 1.29 is 65.9 Å². The van der Waals surface area contributed by atoms with Crippen LogP contribution in [0.3, 0.4) is 0 Å². The van der Waals surface area contributed by atoms with E-state index in [0.29, 0.717) is 21.5 Å². The van der Waals surface area contributed by atoms with Gasteiger partial charge in [0.15, 0.2) is 0 Å². The molecule has 2 aromatic heterocycles. The zero-order chi connectivity index (χ0) is 63.8. The highest BCUT2D eigenvalue weighted by atomic mass is 19.4. The third kappa shape index (κ3) is 11.0. The number of rotatable bonds is 7. The standard InChI is InChI=1S/C71H44F15N3/c1-36-16-45(25-51(20-36)68(75,76)77)41-6-11-56-57-12-7-42(46-17-37(2)21-52(26-46)69(78,79)80)30-62(57)88(61(56)29-41)65-33-49(55-15-10-50(24-40(55)5)67(72,73)74)34-66(60(65)35-87)89-63-31-43(47-18-38(3)22-53(27-47)70(81,82)83)8-13-58(63)59-14-9-44(32-64(59)89)48-19-39(4)23-54(28-48)71(84,85)86/h6-34H,1-5H3. The van der Waals surface area contributed by atoms with Crippen molar-refractivity contribution in [3.63, 3.8) is 0 Å². The number of nitriles is 1. The van der Waals surface area contributed by atoms with Crippen molar-refractivity contribution in [1.82, 2.24) is 9.13 Å². The summed E-state index contributed by atoms with van der Waals surface area (Å²) in [5, 5.41) is 13.8. The van der Waals surface area contributed by atoms with Crippen LogP contribution in [-0.2, 0) is 30.9 Å². The molecule has 3 nitrogen and oxygen atoms in total. The number of halogens is 15. The highest BCUT2D eigenvalue weighted by molar-refractivity contribution is 6.13. The van der Waals surface area contributed by atoms with Gasteiger partial charge in [0, 0.05) is 21.5 Å². The molecule has 12 aromatic rings. The summed E-state index contributed by atoms with van der Waals surface area (Å²) < 4.78 is 220. The molecule has 10 aromatic carbocycles. The molecule has 18 heteroatoms. The van der Waals surface area contributed by atoms with E-state index in [1.165, 1.54) is 77.1 Å². The van der Waals surface area contributed by atoms with Crippen LogP contribution in [0.4, 0.5) is 65.9 Å². The maximum absolute atomic E-state index is 14.5. The summed E-state index contributed by atoms with van der Waals surface area (Å²) in [6, 6.07) is 41.6. The largest absolute Gasteiger partial charge is 0.416 e. The van der Waals surface area contributed by atoms with Crippen LogP contribution < -0.4 is 0 Å². The highest BCUT2D eigenvalue weighted by Gasteiger charge is 2.36. The van der Waals surface area contributed by atoms with Crippen LogP contribution in [0.25, 0.3) is 111 Å². The number of nitrogens with zero attached hydrogens (tertiary/aromatic N) is 3. The topological polar surface area (TPSA) is 33.6 Å². The molecule has 0 unspecified atom stereocenters. The fourth-order valence-corrected chi connectivity index (χ4v) is 12.1. The van der Waals surface area contributed by atoms with Gasteiger partial charge in [-0.05, 0) is 215 Å². The van der Waals surface area contributed by atoms with E-state index in [-0.39, 0.29) is 122 Å². The third-order valence-corrected chi connectivity index (χ3v) is 16.0. The van der Waals surface area contributed by atoms with Crippen LogP contribution >= 0.6 is 0 Å². The molecule has 0 fully saturated rings. The molecule has 0 aliphatic rings. The Hall–Kier alpha value is -9.76. The average molecular weight is 1220 g/mol. The Morgan fingerprint density at radius 2 is 0.562 bits per heavy atom. The van der Waals surface area contributed by atoms with Crippen molar-refractivity contribution in [3.05, 3.63) is 237 Å². The van der Waals surface area contributed by atoms with Gasteiger partial charge in [-0.3, -0.25) is 0 Å². The minimum absolute atomic E-state index is 0.00152. The van der Waals surface area contributed by atoms with E-state index in [0.717, 1.165) is 60.7 Å². The number of aryl methyl sites for hydroxylation is 5. The van der Waals surface area contributed by atoms with E-state index < -0.39 is 58.7 Å². The average Bonchev–Trinajstić information content (AvgIpc) is 1.64. The minimum atomic E-state index is -4.80. The molecule has 0 saturated carbocycles. The number of aromatic nitrogens is 2. The molecule has 0 bridgehead atoms. The van der Waals surface area contributed by atoms with Crippen molar-refractivity contribution in [1.29, 1.82) is 5.26 Å². The predicted octanol–water partition coefficient (Wildman–Crippen LogP) is 22.7. The smallest absolute Gasteiger partial charge is 0.308 e. The van der Waals surface area contributed by atoms with Crippen molar-refractivity contribution in [3.8, 4) is 73.1 Å². The molecule has 0 aliphatic heterocycles. The van der Waals surface area contributed by atoms with Crippen molar-refractivity contribution in [2.24, 2.45) is 0 Å². The fourth-order valence-electron chi connectivity index (χ4n) is 12.1. The lowest BCUT2D eigenvalue weighted by Gasteiger charge is -2.20.